The molecule has 0 aliphatic rings. The van der Waals surface area contributed by atoms with Crippen molar-refractivity contribution < 1.29 is 14.7 Å². The smallest absolute Gasteiger partial charge is 0.327 e. The zero-order valence-corrected chi connectivity index (χ0v) is 7.30. The number of benzene rings is 1. The zero-order chi connectivity index (χ0) is 9.68. The van der Waals surface area contributed by atoms with Gasteiger partial charge < -0.3 is 4.74 Å². The Hall–Kier alpha value is -1.55. The first-order valence-electron chi connectivity index (χ1n) is 3.82. The number of carbonyl (C=O) groups is 1. The number of methoxy groups -OCH3 is 1. The van der Waals surface area contributed by atoms with E-state index in [0.717, 1.165) is 5.06 Å². The van der Waals surface area contributed by atoms with E-state index in [2.05, 4.69) is 4.74 Å². The average molecular weight is 181 g/mol. The molecule has 0 fully saturated rings. The van der Waals surface area contributed by atoms with Crippen LogP contribution in [0, 0.1) is 0 Å². The van der Waals surface area contributed by atoms with E-state index in [0.29, 0.717) is 5.69 Å². The van der Waals surface area contributed by atoms with Gasteiger partial charge in [0.1, 0.15) is 6.54 Å². The van der Waals surface area contributed by atoms with Gasteiger partial charge in [0.05, 0.1) is 12.8 Å². The number of esters is 1. The molecule has 13 heavy (non-hydrogen) atoms. The summed E-state index contributed by atoms with van der Waals surface area (Å²) in [5, 5.41) is 10.2. The monoisotopic (exact) mass is 181 g/mol. The second kappa shape index (κ2) is 4.47. The Morgan fingerprint density at radius 1 is 1.46 bits per heavy atom. The zero-order valence-electron chi connectivity index (χ0n) is 7.30. The van der Waals surface area contributed by atoms with Crippen molar-refractivity contribution in [1.82, 2.24) is 0 Å². The van der Waals surface area contributed by atoms with Crippen LogP contribution in [-0.4, -0.2) is 24.8 Å². The van der Waals surface area contributed by atoms with Crippen LogP contribution in [0.3, 0.4) is 0 Å². The first-order chi connectivity index (χ1) is 6.24. The van der Waals surface area contributed by atoms with Crippen molar-refractivity contribution >= 4 is 11.7 Å². The number of nitrogens with zero attached hydrogens (tertiary/aromatic N) is 1. The second-order valence-corrected chi connectivity index (χ2v) is 2.47. The number of para-hydroxylation sites is 1. The molecule has 0 aliphatic heterocycles. The van der Waals surface area contributed by atoms with Crippen LogP contribution in [0.25, 0.3) is 0 Å². The molecule has 1 aromatic rings. The summed E-state index contributed by atoms with van der Waals surface area (Å²) in [6.45, 7) is -0.166. The molecule has 70 valence electrons. The normalized spacial score (nSPS) is 9.38. The molecule has 0 saturated heterocycles. The molecule has 0 atom stereocenters. The fourth-order valence-corrected chi connectivity index (χ4v) is 0.878. The SMILES string of the molecule is COC(=O)CN(O)c1ccccc1. The third kappa shape index (κ3) is 2.76. The Morgan fingerprint density at radius 2 is 2.08 bits per heavy atom. The maximum absolute atomic E-state index is 10.8. The molecule has 0 spiro atoms. The van der Waals surface area contributed by atoms with Gasteiger partial charge >= 0.3 is 5.97 Å². The highest BCUT2D eigenvalue weighted by Crippen LogP contribution is 2.09. The van der Waals surface area contributed by atoms with Crippen LogP contribution < -0.4 is 5.06 Å². The van der Waals surface area contributed by atoms with Crippen molar-refractivity contribution in [3.05, 3.63) is 30.3 Å². The van der Waals surface area contributed by atoms with Gasteiger partial charge in [-0.15, -0.1) is 0 Å². The van der Waals surface area contributed by atoms with Gasteiger partial charge in [0.25, 0.3) is 0 Å². The minimum Gasteiger partial charge on any atom is -0.468 e. The molecule has 4 heteroatoms. The van der Waals surface area contributed by atoms with Crippen molar-refractivity contribution in [1.29, 1.82) is 0 Å². The van der Waals surface area contributed by atoms with E-state index in [1.165, 1.54) is 7.11 Å². The van der Waals surface area contributed by atoms with Crippen molar-refractivity contribution in [3.8, 4) is 0 Å². The Labute approximate surface area is 76.3 Å². The first kappa shape index (κ1) is 9.54. The standard InChI is InChI=1S/C9H11NO3/c1-13-9(11)7-10(12)8-5-3-2-4-6-8/h2-6,12H,7H2,1H3. The third-order valence-corrected chi connectivity index (χ3v) is 1.56. The largest absolute Gasteiger partial charge is 0.468 e. The van der Waals surface area contributed by atoms with Gasteiger partial charge in [-0.2, -0.15) is 0 Å². The molecule has 0 aromatic heterocycles. The maximum atomic E-state index is 10.8. The van der Waals surface area contributed by atoms with Gasteiger partial charge in [0.2, 0.25) is 0 Å². The lowest BCUT2D eigenvalue weighted by Gasteiger charge is -2.14. The molecule has 4 nitrogen and oxygen atoms in total. The Bertz CT molecular complexity index is 273. The van der Waals surface area contributed by atoms with Crippen LogP contribution in [0.15, 0.2) is 30.3 Å². The van der Waals surface area contributed by atoms with Crippen molar-refractivity contribution in [2.75, 3.05) is 18.7 Å². The van der Waals surface area contributed by atoms with Gasteiger partial charge in [0.15, 0.2) is 0 Å². The number of hydroxylamine groups is 1. The topological polar surface area (TPSA) is 49.8 Å². The third-order valence-electron chi connectivity index (χ3n) is 1.56. The number of hydrogen-bond acceptors (Lipinski definition) is 4. The lowest BCUT2D eigenvalue weighted by molar-refractivity contribution is -0.139. The maximum Gasteiger partial charge on any atom is 0.327 e. The minimum atomic E-state index is -0.480. The highest BCUT2D eigenvalue weighted by Gasteiger charge is 2.07. The molecule has 0 saturated carbocycles. The summed E-state index contributed by atoms with van der Waals surface area (Å²) in [6, 6.07) is 8.77. The fraction of sp³-hybridized carbons (Fsp3) is 0.222. The number of anilines is 1. The van der Waals surface area contributed by atoms with Crippen LogP contribution >= 0.6 is 0 Å². The Morgan fingerprint density at radius 3 is 2.62 bits per heavy atom. The molecule has 0 bridgehead atoms. The van der Waals surface area contributed by atoms with Crippen LogP contribution in [0.5, 0.6) is 0 Å². The Balaban J connectivity index is 2.59. The van der Waals surface area contributed by atoms with Gasteiger partial charge in [-0.05, 0) is 12.1 Å². The van der Waals surface area contributed by atoms with Gasteiger partial charge in [-0.25, -0.2) is 5.06 Å². The van der Waals surface area contributed by atoms with Gasteiger partial charge in [0, 0.05) is 0 Å². The molecule has 1 aromatic carbocycles. The molecule has 0 heterocycles. The summed E-state index contributed by atoms with van der Waals surface area (Å²) >= 11 is 0. The average Bonchev–Trinajstić information content (AvgIpc) is 2.19. The summed E-state index contributed by atoms with van der Waals surface area (Å²) in [6.07, 6.45) is 0. The lowest BCUT2D eigenvalue weighted by Crippen LogP contribution is -2.26. The van der Waals surface area contributed by atoms with Crippen molar-refractivity contribution in [3.63, 3.8) is 0 Å². The highest BCUT2D eigenvalue weighted by molar-refractivity contribution is 5.74. The lowest BCUT2D eigenvalue weighted by atomic mass is 10.3. The van der Waals surface area contributed by atoms with Crippen LogP contribution in [0.2, 0.25) is 0 Å². The summed E-state index contributed by atoms with van der Waals surface area (Å²) in [5.74, 6) is -0.480. The summed E-state index contributed by atoms with van der Waals surface area (Å²) in [4.78, 5) is 10.8. The molecule has 1 N–H and O–H groups in total. The van der Waals surface area contributed by atoms with E-state index in [4.69, 9.17) is 0 Å². The van der Waals surface area contributed by atoms with E-state index in [1.807, 2.05) is 6.07 Å². The molecule has 0 radical (unpaired) electrons. The summed E-state index contributed by atoms with van der Waals surface area (Å²) in [7, 11) is 1.28. The number of hydrogen-bond donors (Lipinski definition) is 1. The number of carbonyl (C=O) groups excluding carboxylic acids is 1. The first-order valence-corrected chi connectivity index (χ1v) is 3.82. The molecule has 0 unspecified atom stereocenters. The van der Waals surface area contributed by atoms with E-state index in [1.54, 1.807) is 24.3 Å². The molecule has 0 amide bonds. The van der Waals surface area contributed by atoms with E-state index in [9.17, 15) is 10.0 Å². The number of ether oxygens (including phenoxy) is 1. The highest BCUT2D eigenvalue weighted by atomic mass is 16.5. The van der Waals surface area contributed by atoms with Crippen LogP contribution in [0.4, 0.5) is 5.69 Å². The van der Waals surface area contributed by atoms with E-state index < -0.39 is 5.97 Å². The van der Waals surface area contributed by atoms with Gasteiger partial charge in [-0.1, -0.05) is 18.2 Å². The molecule has 0 aliphatic carbocycles. The summed E-state index contributed by atoms with van der Waals surface area (Å²) in [5.41, 5.74) is 0.563. The molecule has 1 rings (SSSR count). The van der Waals surface area contributed by atoms with Crippen molar-refractivity contribution in [2.24, 2.45) is 0 Å². The molecular formula is C9H11NO3. The van der Waals surface area contributed by atoms with Crippen LogP contribution in [-0.2, 0) is 9.53 Å². The number of rotatable bonds is 3. The van der Waals surface area contributed by atoms with E-state index in [-0.39, 0.29) is 6.54 Å². The van der Waals surface area contributed by atoms with Crippen LogP contribution in [0.1, 0.15) is 0 Å². The molecular weight excluding hydrogens is 170 g/mol. The van der Waals surface area contributed by atoms with E-state index >= 15 is 0 Å². The quantitative estimate of drug-likeness (QED) is 0.559. The Kier molecular flexibility index (Phi) is 3.28. The van der Waals surface area contributed by atoms with Gasteiger partial charge in [-0.3, -0.25) is 10.0 Å². The predicted molar refractivity (Wildman–Crippen MR) is 47.6 cm³/mol. The second-order valence-electron chi connectivity index (χ2n) is 2.47. The predicted octanol–water partition coefficient (Wildman–Crippen LogP) is 1.06. The fourth-order valence-electron chi connectivity index (χ4n) is 0.878. The summed E-state index contributed by atoms with van der Waals surface area (Å²) < 4.78 is 4.40. The minimum absolute atomic E-state index is 0.166. The van der Waals surface area contributed by atoms with Crippen molar-refractivity contribution in [2.45, 2.75) is 0 Å².